The lowest BCUT2D eigenvalue weighted by Gasteiger charge is -2.09. The van der Waals surface area contributed by atoms with Crippen LogP contribution in [0.1, 0.15) is 61.9 Å². The molecule has 0 radical (unpaired) electrons. The van der Waals surface area contributed by atoms with Crippen molar-refractivity contribution in [3.05, 3.63) is 35.4 Å². The molecule has 1 heteroatoms. The van der Waals surface area contributed by atoms with Crippen molar-refractivity contribution in [1.29, 1.82) is 0 Å². The molecule has 1 nitrogen and oxygen atoms in total. The van der Waals surface area contributed by atoms with Crippen molar-refractivity contribution >= 4 is 5.78 Å². The number of carbonyl (C=O) groups excluding carboxylic acids is 1. The molecule has 0 amide bonds. The Kier molecular flexibility index (Phi) is 4.54. The van der Waals surface area contributed by atoms with E-state index in [1.807, 2.05) is 19.1 Å². The summed E-state index contributed by atoms with van der Waals surface area (Å²) in [5.41, 5.74) is 2.18. The molecule has 1 unspecified atom stereocenters. The summed E-state index contributed by atoms with van der Waals surface area (Å²) in [5.74, 6) is 0.841. The Morgan fingerprint density at radius 1 is 1.20 bits per heavy atom. The molecule has 0 fully saturated rings. The Balaban J connectivity index is 2.76. The van der Waals surface area contributed by atoms with Crippen LogP contribution in [0.4, 0.5) is 0 Å². The van der Waals surface area contributed by atoms with Gasteiger partial charge in [0.25, 0.3) is 0 Å². The van der Waals surface area contributed by atoms with Crippen LogP contribution in [0.15, 0.2) is 24.3 Å². The van der Waals surface area contributed by atoms with Gasteiger partial charge in [-0.05, 0) is 24.3 Å². The summed E-state index contributed by atoms with van der Waals surface area (Å²) < 4.78 is 0. The van der Waals surface area contributed by atoms with Crippen LogP contribution >= 0.6 is 0 Å². The minimum absolute atomic E-state index is 0.258. The van der Waals surface area contributed by atoms with Crippen LogP contribution in [0, 0.1) is 0 Å². The molecular weight excluding hydrogens is 184 g/mol. The number of hydrogen-bond acceptors (Lipinski definition) is 1. The quantitative estimate of drug-likeness (QED) is 0.657. The van der Waals surface area contributed by atoms with Crippen molar-refractivity contribution in [3.63, 3.8) is 0 Å². The maximum Gasteiger partial charge on any atom is 0.162 e. The van der Waals surface area contributed by atoms with Crippen LogP contribution in [0.2, 0.25) is 0 Å². The number of carbonyl (C=O) groups is 1. The topological polar surface area (TPSA) is 17.1 Å². The average Bonchev–Trinajstić information content (AvgIpc) is 2.28. The third-order valence-corrected chi connectivity index (χ3v) is 2.89. The average molecular weight is 204 g/mol. The standard InChI is InChI=1S/C14H20O/c1-4-6-14(15)13-9-7-12(8-10-13)11(3)5-2/h7-11H,4-6H2,1-3H3. The monoisotopic (exact) mass is 204 g/mol. The maximum atomic E-state index is 11.6. The summed E-state index contributed by atoms with van der Waals surface area (Å²) in [5, 5.41) is 0. The first-order valence-corrected chi connectivity index (χ1v) is 5.82. The zero-order valence-electron chi connectivity index (χ0n) is 9.92. The number of ketones is 1. The lowest BCUT2D eigenvalue weighted by atomic mass is 9.96. The molecule has 15 heavy (non-hydrogen) atoms. The second kappa shape index (κ2) is 5.69. The van der Waals surface area contributed by atoms with Gasteiger partial charge >= 0.3 is 0 Å². The second-order valence-electron chi connectivity index (χ2n) is 4.10. The number of benzene rings is 1. The molecule has 1 aromatic rings. The van der Waals surface area contributed by atoms with Gasteiger partial charge in [0.05, 0.1) is 0 Å². The molecule has 0 aromatic heterocycles. The zero-order valence-corrected chi connectivity index (χ0v) is 9.92. The summed E-state index contributed by atoms with van der Waals surface area (Å²) in [7, 11) is 0. The Hall–Kier alpha value is -1.11. The molecule has 0 aliphatic carbocycles. The SMILES string of the molecule is CCCC(=O)c1ccc(C(C)CC)cc1. The summed E-state index contributed by atoms with van der Waals surface area (Å²) >= 11 is 0. The molecule has 1 atom stereocenters. The van der Waals surface area contributed by atoms with E-state index >= 15 is 0 Å². The van der Waals surface area contributed by atoms with Crippen LogP contribution in [0.25, 0.3) is 0 Å². The van der Waals surface area contributed by atoms with E-state index in [1.165, 1.54) is 5.56 Å². The Morgan fingerprint density at radius 3 is 2.27 bits per heavy atom. The van der Waals surface area contributed by atoms with Gasteiger partial charge in [-0.3, -0.25) is 4.79 Å². The Labute approximate surface area is 92.5 Å². The molecule has 0 saturated heterocycles. The first-order chi connectivity index (χ1) is 7.19. The van der Waals surface area contributed by atoms with Crippen molar-refractivity contribution in [2.24, 2.45) is 0 Å². The predicted molar refractivity (Wildman–Crippen MR) is 64.4 cm³/mol. The van der Waals surface area contributed by atoms with Crippen LogP contribution in [-0.4, -0.2) is 5.78 Å². The fourth-order valence-corrected chi connectivity index (χ4v) is 1.60. The van der Waals surface area contributed by atoms with E-state index in [0.29, 0.717) is 12.3 Å². The maximum absolute atomic E-state index is 11.6. The smallest absolute Gasteiger partial charge is 0.162 e. The molecule has 0 heterocycles. The van der Waals surface area contributed by atoms with E-state index in [4.69, 9.17) is 0 Å². The van der Waals surface area contributed by atoms with Gasteiger partial charge in [-0.2, -0.15) is 0 Å². The predicted octanol–water partition coefficient (Wildman–Crippen LogP) is 4.18. The van der Waals surface area contributed by atoms with E-state index in [2.05, 4.69) is 26.0 Å². The van der Waals surface area contributed by atoms with Crippen LogP contribution < -0.4 is 0 Å². The van der Waals surface area contributed by atoms with Gasteiger partial charge in [0.15, 0.2) is 5.78 Å². The van der Waals surface area contributed by atoms with Crippen molar-refractivity contribution in [2.45, 2.75) is 46.0 Å². The molecular formula is C14H20O. The number of rotatable bonds is 5. The number of Topliss-reactive ketones (excluding diaryl/α,β-unsaturated/α-hetero) is 1. The van der Waals surface area contributed by atoms with Crippen molar-refractivity contribution in [1.82, 2.24) is 0 Å². The molecule has 1 rings (SSSR count). The van der Waals surface area contributed by atoms with Crippen LogP contribution in [0.5, 0.6) is 0 Å². The van der Waals surface area contributed by atoms with E-state index in [0.717, 1.165) is 18.4 Å². The molecule has 0 aliphatic rings. The van der Waals surface area contributed by atoms with Gasteiger partial charge in [-0.1, -0.05) is 45.0 Å². The first kappa shape index (κ1) is 12.0. The van der Waals surface area contributed by atoms with E-state index < -0.39 is 0 Å². The third-order valence-electron chi connectivity index (χ3n) is 2.89. The van der Waals surface area contributed by atoms with Crippen LogP contribution in [0.3, 0.4) is 0 Å². The highest BCUT2D eigenvalue weighted by Gasteiger charge is 2.06. The van der Waals surface area contributed by atoms with E-state index in [9.17, 15) is 4.79 Å². The van der Waals surface area contributed by atoms with Gasteiger partial charge in [-0.25, -0.2) is 0 Å². The lowest BCUT2D eigenvalue weighted by molar-refractivity contribution is 0.0981. The van der Waals surface area contributed by atoms with Crippen molar-refractivity contribution < 1.29 is 4.79 Å². The van der Waals surface area contributed by atoms with Gasteiger partial charge in [-0.15, -0.1) is 0 Å². The minimum Gasteiger partial charge on any atom is -0.294 e. The van der Waals surface area contributed by atoms with Crippen LogP contribution in [-0.2, 0) is 0 Å². The summed E-state index contributed by atoms with van der Waals surface area (Å²) in [6.07, 6.45) is 2.72. The summed E-state index contributed by atoms with van der Waals surface area (Å²) in [6.45, 7) is 6.43. The van der Waals surface area contributed by atoms with E-state index in [1.54, 1.807) is 0 Å². The molecule has 0 bridgehead atoms. The third kappa shape index (κ3) is 3.19. The Morgan fingerprint density at radius 2 is 1.80 bits per heavy atom. The molecule has 0 spiro atoms. The summed E-state index contributed by atoms with van der Waals surface area (Å²) in [6, 6.07) is 8.08. The van der Waals surface area contributed by atoms with Gasteiger partial charge in [0.2, 0.25) is 0 Å². The number of hydrogen-bond donors (Lipinski definition) is 0. The van der Waals surface area contributed by atoms with E-state index in [-0.39, 0.29) is 5.78 Å². The molecule has 1 aromatic carbocycles. The largest absolute Gasteiger partial charge is 0.294 e. The fraction of sp³-hybridized carbons (Fsp3) is 0.500. The highest BCUT2D eigenvalue weighted by Crippen LogP contribution is 2.19. The molecule has 0 saturated carbocycles. The normalized spacial score (nSPS) is 12.5. The van der Waals surface area contributed by atoms with Crippen molar-refractivity contribution in [3.8, 4) is 0 Å². The van der Waals surface area contributed by atoms with Gasteiger partial charge in [0.1, 0.15) is 0 Å². The minimum atomic E-state index is 0.258. The molecule has 0 N–H and O–H groups in total. The highest BCUT2D eigenvalue weighted by molar-refractivity contribution is 5.96. The van der Waals surface area contributed by atoms with Crippen molar-refractivity contribution in [2.75, 3.05) is 0 Å². The first-order valence-electron chi connectivity index (χ1n) is 5.82. The fourth-order valence-electron chi connectivity index (χ4n) is 1.60. The second-order valence-corrected chi connectivity index (χ2v) is 4.10. The van der Waals surface area contributed by atoms with Gasteiger partial charge < -0.3 is 0 Å². The summed E-state index contributed by atoms with van der Waals surface area (Å²) in [4.78, 5) is 11.6. The molecule has 82 valence electrons. The Bertz CT molecular complexity index is 311. The zero-order chi connectivity index (χ0) is 11.3. The lowest BCUT2D eigenvalue weighted by Crippen LogP contribution is -1.99. The highest BCUT2D eigenvalue weighted by atomic mass is 16.1. The van der Waals surface area contributed by atoms with Gasteiger partial charge in [0, 0.05) is 12.0 Å². The molecule has 0 aliphatic heterocycles.